The first-order chi connectivity index (χ1) is 8.24. The van der Waals surface area contributed by atoms with E-state index in [1.165, 1.54) is 6.33 Å². The van der Waals surface area contributed by atoms with Crippen LogP contribution in [0.4, 0.5) is 5.82 Å². The fourth-order valence-corrected chi connectivity index (χ4v) is 2.71. The standard InChI is InChI=1S/C10H8ClN5S/c11-7-2-1-6(17-7)3-16-5-15-8-9(12)13-4-14-10(8)16/h1-2,4-5H,3H2,(H2,12,13,14). The molecule has 7 heteroatoms. The third kappa shape index (κ3) is 1.85. The van der Waals surface area contributed by atoms with Crippen molar-refractivity contribution in [3.63, 3.8) is 0 Å². The Kier molecular flexibility index (Phi) is 2.45. The smallest absolute Gasteiger partial charge is 0.165 e. The van der Waals surface area contributed by atoms with Crippen LogP contribution in [0.3, 0.4) is 0 Å². The van der Waals surface area contributed by atoms with Crippen molar-refractivity contribution < 1.29 is 0 Å². The highest BCUT2D eigenvalue weighted by atomic mass is 35.5. The summed E-state index contributed by atoms with van der Waals surface area (Å²) in [5, 5.41) is 0. The van der Waals surface area contributed by atoms with Crippen LogP contribution in [0, 0.1) is 0 Å². The highest BCUT2D eigenvalue weighted by Gasteiger charge is 2.08. The van der Waals surface area contributed by atoms with Crippen molar-refractivity contribution >= 4 is 39.9 Å². The molecule has 0 saturated heterocycles. The number of anilines is 1. The highest BCUT2D eigenvalue weighted by molar-refractivity contribution is 7.16. The van der Waals surface area contributed by atoms with E-state index in [4.69, 9.17) is 17.3 Å². The maximum Gasteiger partial charge on any atom is 0.165 e. The largest absolute Gasteiger partial charge is 0.382 e. The quantitative estimate of drug-likeness (QED) is 0.771. The second-order valence-corrected chi connectivity index (χ2v) is 5.31. The van der Waals surface area contributed by atoms with Gasteiger partial charge in [-0.1, -0.05) is 11.6 Å². The summed E-state index contributed by atoms with van der Waals surface area (Å²) in [5.74, 6) is 0.401. The molecule has 0 amide bonds. The van der Waals surface area contributed by atoms with Crippen molar-refractivity contribution in [3.05, 3.63) is 34.0 Å². The van der Waals surface area contributed by atoms with E-state index in [1.807, 2.05) is 16.7 Å². The van der Waals surface area contributed by atoms with Gasteiger partial charge in [-0.25, -0.2) is 15.0 Å². The summed E-state index contributed by atoms with van der Waals surface area (Å²) in [6.45, 7) is 0.685. The third-order valence-corrected chi connectivity index (χ3v) is 3.60. The molecule has 0 bridgehead atoms. The average Bonchev–Trinajstić information content (AvgIpc) is 2.88. The van der Waals surface area contributed by atoms with E-state index < -0.39 is 0 Å². The van der Waals surface area contributed by atoms with Crippen molar-refractivity contribution in [2.24, 2.45) is 0 Å². The van der Waals surface area contributed by atoms with Crippen molar-refractivity contribution in [3.8, 4) is 0 Å². The molecule has 0 atom stereocenters. The average molecular weight is 266 g/mol. The third-order valence-electron chi connectivity index (χ3n) is 2.38. The molecule has 86 valence electrons. The maximum absolute atomic E-state index is 5.89. The lowest BCUT2D eigenvalue weighted by Crippen LogP contribution is -1.99. The minimum absolute atomic E-state index is 0.401. The Bertz CT molecular complexity index is 674. The lowest BCUT2D eigenvalue weighted by molar-refractivity contribution is 0.826. The Morgan fingerprint density at radius 1 is 1.29 bits per heavy atom. The number of fused-ring (bicyclic) bond motifs is 1. The second kappa shape index (κ2) is 3.97. The minimum Gasteiger partial charge on any atom is -0.382 e. The number of nitrogen functional groups attached to an aromatic ring is 1. The first-order valence-corrected chi connectivity index (χ1v) is 6.09. The first-order valence-electron chi connectivity index (χ1n) is 4.89. The molecule has 0 fully saturated rings. The molecular weight excluding hydrogens is 258 g/mol. The van der Waals surface area contributed by atoms with Gasteiger partial charge in [-0.15, -0.1) is 11.3 Å². The molecule has 2 N–H and O–H groups in total. The van der Waals surface area contributed by atoms with Crippen LogP contribution in [-0.2, 0) is 6.54 Å². The Hall–Kier alpha value is -1.66. The Balaban J connectivity index is 2.04. The zero-order valence-corrected chi connectivity index (χ0v) is 10.2. The monoisotopic (exact) mass is 265 g/mol. The van der Waals surface area contributed by atoms with Gasteiger partial charge in [-0.05, 0) is 12.1 Å². The van der Waals surface area contributed by atoms with Crippen molar-refractivity contribution in [1.82, 2.24) is 19.5 Å². The van der Waals surface area contributed by atoms with Crippen LogP contribution in [-0.4, -0.2) is 19.5 Å². The Morgan fingerprint density at radius 2 is 2.18 bits per heavy atom. The van der Waals surface area contributed by atoms with Gasteiger partial charge in [0.1, 0.15) is 11.8 Å². The topological polar surface area (TPSA) is 69.6 Å². The van der Waals surface area contributed by atoms with Crippen LogP contribution in [0.1, 0.15) is 4.88 Å². The van der Waals surface area contributed by atoms with Gasteiger partial charge in [-0.3, -0.25) is 0 Å². The van der Waals surface area contributed by atoms with Crippen molar-refractivity contribution in [2.75, 3.05) is 5.73 Å². The zero-order chi connectivity index (χ0) is 11.8. The number of rotatable bonds is 2. The van der Waals surface area contributed by atoms with Gasteiger partial charge in [-0.2, -0.15) is 0 Å². The Labute approximate surface area is 106 Å². The van der Waals surface area contributed by atoms with E-state index in [0.717, 1.165) is 14.9 Å². The predicted molar refractivity (Wildman–Crippen MR) is 68.2 cm³/mol. The molecule has 0 aliphatic heterocycles. The fourth-order valence-electron chi connectivity index (χ4n) is 1.62. The first kappa shape index (κ1) is 10.5. The molecule has 0 radical (unpaired) electrons. The number of nitrogens with two attached hydrogens (primary N) is 1. The second-order valence-electron chi connectivity index (χ2n) is 3.51. The number of nitrogens with zero attached hydrogens (tertiary/aromatic N) is 4. The number of aromatic nitrogens is 4. The van der Waals surface area contributed by atoms with Gasteiger partial charge in [0.2, 0.25) is 0 Å². The van der Waals surface area contributed by atoms with Crippen LogP contribution >= 0.6 is 22.9 Å². The van der Waals surface area contributed by atoms with E-state index in [0.29, 0.717) is 17.9 Å². The summed E-state index contributed by atoms with van der Waals surface area (Å²) in [5.41, 5.74) is 7.09. The summed E-state index contributed by atoms with van der Waals surface area (Å²) >= 11 is 7.43. The van der Waals surface area contributed by atoms with E-state index >= 15 is 0 Å². The SMILES string of the molecule is Nc1ncnc2c1ncn2Cc1ccc(Cl)s1. The van der Waals surface area contributed by atoms with Crippen molar-refractivity contribution in [2.45, 2.75) is 6.54 Å². The highest BCUT2D eigenvalue weighted by Crippen LogP contribution is 2.23. The number of imidazole rings is 1. The van der Waals surface area contributed by atoms with Gasteiger partial charge < -0.3 is 10.3 Å². The number of thiophene rings is 1. The van der Waals surface area contributed by atoms with Gasteiger partial charge in [0.05, 0.1) is 17.2 Å². The summed E-state index contributed by atoms with van der Waals surface area (Å²) in [4.78, 5) is 13.4. The predicted octanol–water partition coefficient (Wildman–Crippen LogP) is 2.17. The molecule has 0 aliphatic carbocycles. The van der Waals surface area contributed by atoms with Crippen LogP contribution < -0.4 is 5.73 Å². The molecule has 3 aromatic heterocycles. The molecular formula is C10H8ClN5S. The summed E-state index contributed by atoms with van der Waals surface area (Å²) in [7, 11) is 0. The minimum atomic E-state index is 0.401. The van der Waals surface area contributed by atoms with Gasteiger partial charge in [0, 0.05) is 4.88 Å². The molecule has 5 nitrogen and oxygen atoms in total. The van der Waals surface area contributed by atoms with Gasteiger partial charge in [0.25, 0.3) is 0 Å². The molecule has 17 heavy (non-hydrogen) atoms. The molecule has 3 heterocycles. The Morgan fingerprint density at radius 3 is 2.94 bits per heavy atom. The normalized spacial score (nSPS) is 11.1. The van der Waals surface area contributed by atoms with Crippen molar-refractivity contribution in [1.29, 1.82) is 0 Å². The van der Waals surface area contributed by atoms with E-state index in [1.54, 1.807) is 17.7 Å². The van der Waals surface area contributed by atoms with E-state index in [-0.39, 0.29) is 0 Å². The summed E-state index contributed by atoms with van der Waals surface area (Å²) in [6.07, 6.45) is 3.15. The molecule has 0 spiro atoms. The van der Waals surface area contributed by atoms with Gasteiger partial charge >= 0.3 is 0 Å². The lowest BCUT2D eigenvalue weighted by Gasteiger charge is -2.00. The summed E-state index contributed by atoms with van der Waals surface area (Å²) in [6, 6.07) is 3.87. The number of halogens is 1. The maximum atomic E-state index is 5.89. The molecule has 0 unspecified atom stereocenters. The zero-order valence-electron chi connectivity index (χ0n) is 8.67. The number of hydrogen-bond donors (Lipinski definition) is 1. The molecule has 3 rings (SSSR count). The fraction of sp³-hybridized carbons (Fsp3) is 0.100. The number of hydrogen-bond acceptors (Lipinski definition) is 5. The van der Waals surface area contributed by atoms with Crippen LogP contribution in [0.25, 0.3) is 11.2 Å². The lowest BCUT2D eigenvalue weighted by atomic mass is 10.4. The van der Waals surface area contributed by atoms with Crippen LogP contribution in [0.2, 0.25) is 4.34 Å². The molecule has 3 aromatic rings. The summed E-state index contributed by atoms with van der Waals surface area (Å²) < 4.78 is 2.70. The van der Waals surface area contributed by atoms with Gasteiger partial charge in [0.15, 0.2) is 11.5 Å². The van der Waals surface area contributed by atoms with Crippen LogP contribution in [0.5, 0.6) is 0 Å². The van der Waals surface area contributed by atoms with Crippen LogP contribution in [0.15, 0.2) is 24.8 Å². The molecule has 0 aromatic carbocycles. The molecule has 0 saturated carbocycles. The molecule has 0 aliphatic rings. The van der Waals surface area contributed by atoms with E-state index in [9.17, 15) is 0 Å². The van der Waals surface area contributed by atoms with E-state index in [2.05, 4.69) is 15.0 Å².